The standard InChI is InChI=1S/C16H30N4O6/c21-9-1-5-17-13-14(19(15(17)25)7-3-11-23)20(8-4-12-24)16(26)18(13)6-2-10-22/h13-14,21-24H,1-12H2. The average molecular weight is 374 g/mol. The number of amides is 4. The minimum Gasteiger partial charge on any atom is -0.396 e. The van der Waals surface area contributed by atoms with E-state index in [1.807, 2.05) is 0 Å². The predicted molar refractivity (Wildman–Crippen MR) is 92.0 cm³/mol. The highest BCUT2D eigenvalue weighted by Crippen LogP contribution is 2.35. The molecule has 2 saturated heterocycles. The monoisotopic (exact) mass is 374 g/mol. The van der Waals surface area contributed by atoms with Gasteiger partial charge in [0.2, 0.25) is 0 Å². The summed E-state index contributed by atoms with van der Waals surface area (Å²) in [5, 5.41) is 36.6. The lowest BCUT2D eigenvalue weighted by molar-refractivity contribution is 0.110. The first-order valence-corrected chi connectivity index (χ1v) is 9.20. The fourth-order valence-electron chi connectivity index (χ4n) is 3.64. The molecule has 150 valence electrons. The van der Waals surface area contributed by atoms with Crippen LogP contribution in [0.4, 0.5) is 9.59 Å². The number of rotatable bonds is 12. The molecule has 0 saturated carbocycles. The van der Waals surface area contributed by atoms with E-state index in [9.17, 15) is 9.59 Å². The summed E-state index contributed by atoms with van der Waals surface area (Å²) in [5.74, 6) is 0. The molecule has 0 bridgehead atoms. The van der Waals surface area contributed by atoms with Crippen molar-refractivity contribution in [3.05, 3.63) is 0 Å². The van der Waals surface area contributed by atoms with E-state index in [2.05, 4.69) is 0 Å². The predicted octanol–water partition coefficient (Wildman–Crippen LogP) is -1.36. The van der Waals surface area contributed by atoms with E-state index in [4.69, 9.17) is 20.4 Å². The van der Waals surface area contributed by atoms with Crippen LogP contribution in [0.5, 0.6) is 0 Å². The largest absolute Gasteiger partial charge is 0.396 e. The lowest BCUT2D eigenvalue weighted by Gasteiger charge is -2.29. The molecule has 2 fully saturated rings. The van der Waals surface area contributed by atoms with Crippen LogP contribution in [0.3, 0.4) is 0 Å². The van der Waals surface area contributed by atoms with Gasteiger partial charge in [-0.05, 0) is 25.7 Å². The summed E-state index contributed by atoms with van der Waals surface area (Å²) >= 11 is 0. The first-order valence-electron chi connectivity index (χ1n) is 9.20. The van der Waals surface area contributed by atoms with Crippen molar-refractivity contribution in [3.63, 3.8) is 0 Å². The molecule has 10 nitrogen and oxygen atoms in total. The molecular weight excluding hydrogens is 344 g/mol. The summed E-state index contributed by atoms with van der Waals surface area (Å²) in [6, 6.07) is -0.449. The molecule has 2 aliphatic heterocycles. The Morgan fingerprint density at radius 2 is 0.769 bits per heavy atom. The van der Waals surface area contributed by atoms with Crippen LogP contribution in [0.2, 0.25) is 0 Å². The Labute approximate surface area is 153 Å². The fraction of sp³-hybridized carbons (Fsp3) is 0.875. The van der Waals surface area contributed by atoms with Gasteiger partial charge in [0.05, 0.1) is 0 Å². The van der Waals surface area contributed by atoms with Crippen LogP contribution in [0.15, 0.2) is 0 Å². The second kappa shape index (κ2) is 9.91. The van der Waals surface area contributed by atoms with Gasteiger partial charge in [0.25, 0.3) is 0 Å². The number of carbonyl (C=O) groups excluding carboxylic acids is 2. The highest BCUT2D eigenvalue weighted by atomic mass is 16.3. The van der Waals surface area contributed by atoms with Crippen molar-refractivity contribution in [1.82, 2.24) is 19.6 Å². The number of fused-ring (bicyclic) bond motifs is 1. The summed E-state index contributed by atoms with van der Waals surface area (Å²) in [7, 11) is 0. The van der Waals surface area contributed by atoms with Crippen LogP contribution < -0.4 is 0 Å². The molecular formula is C16H30N4O6. The van der Waals surface area contributed by atoms with Gasteiger partial charge >= 0.3 is 12.1 Å². The minimum atomic E-state index is -0.495. The summed E-state index contributed by atoms with van der Waals surface area (Å²) in [4.78, 5) is 32.2. The van der Waals surface area contributed by atoms with Gasteiger partial charge < -0.3 is 20.4 Å². The molecule has 0 aromatic carbocycles. The van der Waals surface area contributed by atoms with Crippen LogP contribution in [-0.4, -0.2) is 117 Å². The van der Waals surface area contributed by atoms with Gasteiger partial charge in [-0.15, -0.1) is 0 Å². The minimum absolute atomic E-state index is 0.0589. The normalized spacial score (nSPS) is 22.8. The van der Waals surface area contributed by atoms with E-state index in [-0.39, 0.29) is 38.5 Å². The Hall–Kier alpha value is -1.62. The zero-order chi connectivity index (χ0) is 19.1. The summed E-state index contributed by atoms with van der Waals surface area (Å²) < 4.78 is 0. The molecule has 2 aliphatic rings. The van der Waals surface area contributed by atoms with E-state index in [1.165, 1.54) is 0 Å². The van der Waals surface area contributed by atoms with Crippen molar-refractivity contribution in [2.75, 3.05) is 52.6 Å². The number of hydrogen-bond acceptors (Lipinski definition) is 6. The van der Waals surface area contributed by atoms with E-state index in [0.29, 0.717) is 51.9 Å². The van der Waals surface area contributed by atoms with Crippen molar-refractivity contribution >= 4 is 12.1 Å². The zero-order valence-electron chi connectivity index (χ0n) is 15.0. The molecule has 0 atom stereocenters. The third-order valence-corrected chi connectivity index (χ3v) is 4.76. The van der Waals surface area contributed by atoms with Gasteiger partial charge in [0.1, 0.15) is 12.3 Å². The molecule has 0 aliphatic carbocycles. The first kappa shape index (κ1) is 20.7. The Morgan fingerprint density at radius 1 is 0.538 bits per heavy atom. The number of aliphatic hydroxyl groups is 4. The van der Waals surface area contributed by atoms with Crippen LogP contribution in [0.1, 0.15) is 25.7 Å². The van der Waals surface area contributed by atoms with E-state index in [1.54, 1.807) is 19.6 Å². The van der Waals surface area contributed by atoms with Crippen LogP contribution in [0.25, 0.3) is 0 Å². The number of urea groups is 2. The van der Waals surface area contributed by atoms with Crippen molar-refractivity contribution in [1.29, 1.82) is 0 Å². The molecule has 0 radical (unpaired) electrons. The maximum absolute atomic E-state index is 12.9. The lowest BCUT2D eigenvalue weighted by Crippen LogP contribution is -2.47. The van der Waals surface area contributed by atoms with E-state index >= 15 is 0 Å². The van der Waals surface area contributed by atoms with E-state index < -0.39 is 12.3 Å². The molecule has 26 heavy (non-hydrogen) atoms. The van der Waals surface area contributed by atoms with Crippen molar-refractivity contribution < 1.29 is 30.0 Å². The molecule has 0 aromatic heterocycles. The van der Waals surface area contributed by atoms with E-state index in [0.717, 1.165) is 0 Å². The summed E-state index contributed by atoms with van der Waals surface area (Å²) in [6.07, 6.45) is 0.627. The number of nitrogens with zero attached hydrogens (tertiary/aromatic N) is 4. The van der Waals surface area contributed by atoms with Crippen LogP contribution in [-0.2, 0) is 0 Å². The zero-order valence-corrected chi connectivity index (χ0v) is 15.0. The van der Waals surface area contributed by atoms with Gasteiger partial charge in [-0.2, -0.15) is 0 Å². The number of aliphatic hydroxyl groups excluding tert-OH is 4. The van der Waals surface area contributed by atoms with Crippen molar-refractivity contribution in [3.8, 4) is 0 Å². The van der Waals surface area contributed by atoms with Gasteiger partial charge in [-0.3, -0.25) is 19.6 Å². The Bertz CT molecular complexity index is 402. The molecule has 0 aromatic rings. The van der Waals surface area contributed by atoms with Gasteiger partial charge in [0, 0.05) is 52.6 Å². The molecule has 0 spiro atoms. The quantitative estimate of drug-likeness (QED) is 0.334. The molecule has 0 unspecified atom stereocenters. The summed E-state index contributed by atoms with van der Waals surface area (Å²) in [6.45, 7) is 1.05. The number of hydrogen-bond donors (Lipinski definition) is 4. The van der Waals surface area contributed by atoms with Crippen LogP contribution >= 0.6 is 0 Å². The van der Waals surface area contributed by atoms with Crippen LogP contribution in [0, 0.1) is 0 Å². The molecule has 2 heterocycles. The molecule has 2 rings (SSSR count). The second-order valence-corrected chi connectivity index (χ2v) is 6.47. The average Bonchev–Trinajstić information content (AvgIpc) is 3.05. The lowest BCUT2D eigenvalue weighted by atomic mass is 10.2. The Morgan fingerprint density at radius 3 is 0.962 bits per heavy atom. The number of carbonyl (C=O) groups is 2. The molecule has 4 amide bonds. The maximum atomic E-state index is 12.9. The third-order valence-electron chi connectivity index (χ3n) is 4.76. The fourth-order valence-corrected chi connectivity index (χ4v) is 3.64. The van der Waals surface area contributed by atoms with Crippen molar-refractivity contribution in [2.45, 2.75) is 38.0 Å². The Kier molecular flexibility index (Phi) is 7.88. The van der Waals surface area contributed by atoms with Gasteiger partial charge in [0.15, 0.2) is 0 Å². The second-order valence-electron chi connectivity index (χ2n) is 6.47. The van der Waals surface area contributed by atoms with Gasteiger partial charge in [-0.25, -0.2) is 9.59 Å². The SMILES string of the molecule is O=C1N(CCCO)C2C(N1CCCO)N(CCCO)C(=O)N2CCCO. The summed E-state index contributed by atoms with van der Waals surface area (Å²) in [5.41, 5.74) is 0. The maximum Gasteiger partial charge on any atom is 0.323 e. The molecule has 4 N–H and O–H groups in total. The highest BCUT2D eigenvalue weighted by Gasteiger charge is 2.58. The molecule has 10 heteroatoms. The third kappa shape index (κ3) is 4.03. The topological polar surface area (TPSA) is 128 Å². The smallest absolute Gasteiger partial charge is 0.323 e. The van der Waals surface area contributed by atoms with Gasteiger partial charge in [-0.1, -0.05) is 0 Å². The van der Waals surface area contributed by atoms with Crippen molar-refractivity contribution in [2.24, 2.45) is 0 Å². The first-order chi connectivity index (χ1) is 12.6. The highest BCUT2D eigenvalue weighted by molar-refractivity contribution is 5.85. The Balaban J connectivity index is 2.31.